The fraction of sp³-hybridized carbons (Fsp3) is 0.385. The first-order valence-electron chi connectivity index (χ1n) is 10.4. The molecule has 2 aliphatic carbocycles. The van der Waals surface area contributed by atoms with Gasteiger partial charge in [-0.25, -0.2) is 0 Å². The molecule has 2 aromatic rings. The molecule has 0 heterocycles. The highest BCUT2D eigenvalue weighted by atomic mass is 35.5. The zero-order valence-electron chi connectivity index (χ0n) is 18.7. The van der Waals surface area contributed by atoms with E-state index < -0.39 is 8.07 Å². The highest BCUT2D eigenvalue weighted by molar-refractivity contribution is 6.82. The average Bonchev–Trinajstić information content (AvgIpc) is 3.09. The molecule has 29 heavy (non-hydrogen) atoms. The zero-order chi connectivity index (χ0) is 21.4. The second-order valence-corrected chi connectivity index (χ2v) is 15.2. The highest BCUT2D eigenvalue weighted by Crippen LogP contribution is 2.58. The molecule has 2 unspecified atom stereocenters. The van der Waals surface area contributed by atoms with Gasteiger partial charge in [0.05, 0.1) is 8.07 Å². The maximum atomic E-state index is 6.96. The van der Waals surface area contributed by atoms with Crippen LogP contribution < -0.4 is 0 Å². The number of hydrogen-bond donors (Lipinski definition) is 0. The van der Waals surface area contributed by atoms with Crippen LogP contribution in [0.3, 0.4) is 0 Å². The van der Waals surface area contributed by atoms with Crippen LogP contribution >= 0.6 is 23.2 Å². The lowest BCUT2D eigenvalue weighted by Crippen LogP contribution is -2.43. The Morgan fingerprint density at radius 1 is 0.586 bits per heavy atom. The van der Waals surface area contributed by atoms with Crippen LogP contribution in [0.1, 0.15) is 69.4 Å². The third kappa shape index (κ3) is 2.77. The summed E-state index contributed by atoms with van der Waals surface area (Å²) >= 11 is 13.9. The molecule has 0 amide bonds. The van der Waals surface area contributed by atoms with Crippen molar-refractivity contribution in [2.45, 2.75) is 65.7 Å². The number of halogens is 2. The van der Waals surface area contributed by atoms with Gasteiger partial charge < -0.3 is 0 Å². The van der Waals surface area contributed by atoms with Crippen LogP contribution in [0, 0.1) is 27.7 Å². The third-order valence-electron chi connectivity index (χ3n) is 7.41. The Morgan fingerprint density at radius 3 is 1.24 bits per heavy atom. The van der Waals surface area contributed by atoms with Crippen molar-refractivity contribution in [3.05, 3.63) is 79.9 Å². The Kier molecular flexibility index (Phi) is 4.97. The lowest BCUT2D eigenvalue weighted by atomic mass is 9.98. The molecule has 0 bridgehead atoms. The SMILES string of the molecule is CC1=C(Cl)c2c(C)ccc(C)c2C1[Si](C)(C)C1C(C)=C(Cl)c2c(C)ccc(C)c21. The molecule has 2 aromatic carbocycles. The Hall–Kier alpha value is -1.28. The van der Waals surface area contributed by atoms with E-state index in [9.17, 15) is 0 Å². The van der Waals surface area contributed by atoms with E-state index in [4.69, 9.17) is 23.2 Å². The van der Waals surface area contributed by atoms with Crippen molar-refractivity contribution in [1.82, 2.24) is 0 Å². The molecule has 0 saturated heterocycles. The fourth-order valence-electron chi connectivity index (χ4n) is 6.10. The van der Waals surface area contributed by atoms with Crippen LogP contribution in [0.25, 0.3) is 10.1 Å². The van der Waals surface area contributed by atoms with Gasteiger partial charge in [0, 0.05) is 21.1 Å². The van der Waals surface area contributed by atoms with Crippen molar-refractivity contribution in [2.75, 3.05) is 0 Å². The number of fused-ring (bicyclic) bond motifs is 2. The lowest BCUT2D eigenvalue weighted by molar-refractivity contribution is 0.951. The molecule has 0 N–H and O–H groups in total. The summed E-state index contributed by atoms with van der Waals surface area (Å²) in [7, 11) is -1.94. The van der Waals surface area contributed by atoms with Gasteiger partial charge in [0.1, 0.15) is 0 Å². The van der Waals surface area contributed by atoms with E-state index in [0.717, 1.165) is 10.1 Å². The molecule has 4 rings (SSSR count). The minimum absolute atomic E-state index is 0.403. The molecule has 3 heteroatoms. The molecule has 0 aromatic heterocycles. The average molecular weight is 442 g/mol. The van der Waals surface area contributed by atoms with Crippen LogP contribution in [0.2, 0.25) is 13.1 Å². The molecular weight excluding hydrogens is 411 g/mol. The number of hydrogen-bond acceptors (Lipinski definition) is 0. The van der Waals surface area contributed by atoms with E-state index in [2.05, 4.69) is 78.9 Å². The maximum Gasteiger partial charge on any atom is 0.0723 e. The Balaban J connectivity index is 1.98. The van der Waals surface area contributed by atoms with E-state index in [0.29, 0.717) is 11.1 Å². The van der Waals surface area contributed by atoms with Gasteiger partial charge in [-0.3, -0.25) is 0 Å². The zero-order valence-corrected chi connectivity index (χ0v) is 21.2. The monoisotopic (exact) mass is 440 g/mol. The normalized spacial score (nSPS) is 21.2. The Morgan fingerprint density at radius 2 is 0.897 bits per heavy atom. The first kappa shape index (κ1) is 21.0. The summed E-state index contributed by atoms with van der Waals surface area (Å²) in [5, 5.41) is 1.94. The Bertz CT molecular complexity index is 1030. The van der Waals surface area contributed by atoms with Crippen molar-refractivity contribution in [3.8, 4) is 0 Å². The van der Waals surface area contributed by atoms with Crippen molar-refractivity contribution in [1.29, 1.82) is 0 Å². The molecule has 152 valence electrons. The second kappa shape index (κ2) is 6.87. The first-order chi connectivity index (χ1) is 13.5. The molecular formula is C26H30Cl2Si. The molecule has 0 nitrogen and oxygen atoms in total. The minimum Gasteiger partial charge on any atom is -0.0837 e. The molecule has 2 atom stereocenters. The predicted molar refractivity (Wildman–Crippen MR) is 132 cm³/mol. The summed E-state index contributed by atoms with van der Waals surface area (Å²) in [5.74, 6) is 0. The van der Waals surface area contributed by atoms with Gasteiger partial charge in [-0.05, 0) is 97.2 Å². The standard InChI is InChI=1S/C26H30Cl2Si/c1-13-9-11-15(3)21-19(13)23(27)17(5)25(21)29(7,8)26-18(6)24(28)20-14(2)10-12-16(4)22(20)26/h9-12,25-26H,1-8H3. The molecule has 0 radical (unpaired) electrons. The number of aryl methyl sites for hydroxylation is 4. The van der Waals surface area contributed by atoms with Gasteiger partial charge in [-0.1, -0.05) is 60.6 Å². The molecule has 2 aliphatic rings. The van der Waals surface area contributed by atoms with Crippen molar-refractivity contribution in [2.24, 2.45) is 0 Å². The predicted octanol–water partition coefficient (Wildman–Crippen LogP) is 8.54. The molecule has 0 aliphatic heterocycles. The van der Waals surface area contributed by atoms with E-state index in [-0.39, 0.29) is 0 Å². The minimum atomic E-state index is -1.94. The fourth-order valence-corrected chi connectivity index (χ4v) is 12.1. The van der Waals surface area contributed by atoms with Crippen molar-refractivity contribution in [3.63, 3.8) is 0 Å². The molecule has 0 saturated carbocycles. The topological polar surface area (TPSA) is 0 Å². The van der Waals surface area contributed by atoms with Crippen LogP contribution in [-0.4, -0.2) is 8.07 Å². The van der Waals surface area contributed by atoms with Crippen LogP contribution in [-0.2, 0) is 0 Å². The van der Waals surface area contributed by atoms with E-state index in [1.165, 1.54) is 55.7 Å². The Labute approximate surface area is 186 Å². The van der Waals surface area contributed by atoms with Crippen molar-refractivity contribution < 1.29 is 0 Å². The van der Waals surface area contributed by atoms with E-state index in [1.807, 2.05) is 0 Å². The molecule has 0 spiro atoms. The van der Waals surface area contributed by atoms with Gasteiger partial charge in [-0.15, -0.1) is 0 Å². The summed E-state index contributed by atoms with van der Waals surface area (Å²) in [6, 6.07) is 8.95. The lowest BCUT2D eigenvalue weighted by Gasteiger charge is -2.40. The summed E-state index contributed by atoms with van der Waals surface area (Å²) in [5.41, 5.74) is 14.3. The van der Waals surface area contributed by atoms with Gasteiger partial charge in [0.15, 0.2) is 0 Å². The van der Waals surface area contributed by atoms with E-state index in [1.54, 1.807) is 0 Å². The van der Waals surface area contributed by atoms with Crippen LogP contribution in [0.5, 0.6) is 0 Å². The van der Waals surface area contributed by atoms with Gasteiger partial charge in [0.25, 0.3) is 0 Å². The van der Waals surface area contributed by atoms with Crippen LogP contribution in [0.15, 0.2) is 35.4 Å². The van der Waals surface area contributed by atoms with Crippen molar-refractivity contribution >= 4 is 41.3 Å². The number of allylic oxidation sites excluding steroid dienone is 2. The quantitative estimate of drug-likeness (QED) is 0.410. The summed E-state index contributed by atoms with van der Waals surface area (Å²) < 4.78 is 0. The van der Waals surface area contributed by atoms with Crippen LogP contribution in [0.4, 0.5) is 0 Å². The van der Waals surface area contributed by atoms with Gasteiger partial charge >= 0.3 is 0 Å². The largest absolute Gasteiger partial charge is 0.0837 e. The number of rotatable bonds is 2. The highest BCUT2D eigenvalue weighted by Gasteiger charge is 2.50. The summed E-state index contributed by atoms with van der Waals surface area (Å²) in [6.07, 6.45) is 0. The molecule has 0 fully saturated rings. The summed E-state index contributed by atoms with van der Waals surface area (Å²) in [4.78, 5) is 0. The third-order valence-corrected chi connectivity index (χ3v) is 12.8. The summed E-state index contributed by atoms with van der Waals surface area (Å²) in [6.45, 7) is 18.4. The first-order valence-corrected chi connectivity index (χ1v) is 14.3. The number of benzene rings is 2. The smallest absolute Gasteiger partial charge is 0.0723 e. The second-order valence-electron chi connectivity index (χ2n) is 9.66. The maximum absolute atomic E-state index is 6.96. The van der Waals surface area contributed by atoms with Gasteiger partial charge in [0.2, 0.25) is 0 Å². The van der Waals surface area contributed by atoms with Gasteiger partial charge in [-0.2, -0.15) is 0 Å². The van der Waals surface area contributed by atoms with E-state index >= 15 is 0 Å².